The van der Waals surface area contributed by atoms with Crippen molar-refractivity contribution < 1.29 is 23.4 Å². The molecule has 2 aromatic carbocycles. The van der Waals surface area contributed by atoms with Crippen molar-refractivity contribution in [3.05, 3.63) is 42.7 Å². The first-order valence-electron chi connectivity index (χ1n) is 14.3. The molecule has 15 heteroatoms. The van der Waals surface area contributed by atoms with E-state index < -0.39 is 34.6 Å². The molecule has 2 saturated heterocycles. The highest BCUT2D eigenvalue weighted by atomic mass is 32.2. The average Bonchev–Trinajstić information content (AvgIpc) is 3.67. The van der Waals surface area contributed by atoms with Crippen molar-refractivity contribution in [2.24, 2.45) is 0 Å². The lowest BCUT2D eigenvalue weighted by molar-refractivity contribution is -0.0364. The maximum Gasteiger partial charge on any atom is 0.241 e. The Labute approximate surface area is 249 Å². The van der Waals surface area contributed by atoms with Crippen molar-refractivity contribution in [1.82, 2.24) is 29.1 Å². The molecule has 6 N–H and O–H groups in total. The van der Waals surface area contributed by atoms with Crippen LogP contribution in [0.4, 0.5) is 17.5 Å². The Morgan fingerprint density at radius 1 is 1.05 bits per heavy atom. The Hall–Kier alpha value is -3.60. The number of anilines is 3. The van der Waals surface area contributed by atoms with E-state index in [1.807, 2.05) is 43.3 Å². The predicted molar refractivity (Wildman–Crippen MR) is 163 cm³/mol. The Morgan fingerprint density at radius 3 is 2.56 bits per heavy atom. The molecule has 230 valence electrons. The monoisotopic (exact) mass is 611 g/mol. The molecule has 2 aromatic heterocycles. The van der Waals surface area contributed by atoms with Gasteiger partial charge in [-0.1, -0.05) is 24.3 Å². The van der Waals surface area contributed by atoms with Crippen LogP contribution in [0.2, 0.25) is 0 Å². The number of fused-ring (bicyclic) bond motifs is 2. The van der Waals surface area contributed by atoms with Crippen LogP contribution in [0.5, 0.6) is 0 Å². The van der Waals surface area contributed by atoms with E-state index in [-0.39, 0.29) is 17.3 Å². The zero-order valence-corrected chi connectivity index (χ0v) is 24.9. The first-order valence-corrected chi connectivity index (χ1v) is 15.8. The molecule has 0 radical (unpaired) electrons. The minimum Gasteiger partial charge on any atom is -0.387 e. The second-order valence-electron chi connectivity index (χ2n) is 11.1. The highest BCUT2D eigenvalue weighted by Crippen LogP contribution is 2.36. The van der Waals surface area contributed by atoms with Crippen molar-refractivity contribution in [2.75, 3.05) is 62.8 Å². The fraction of sp³-hybridized carbons (Fsp3) is 0.464. The molecule has 0 spiro atoms. The summed E-state index contributed by atoms with van der Waals surface area (Å²) in [4.78, 5) is 17.2. The number of nitrogen functional groups attached to an aromatic ring is 1. The van der Waals surface area contributed by atoms with E-state index in [1.54, 1.807) is 16.7 Å². The van der Waals surface area contributed by atoms with Crippen molar-refractivity contribution in [3.63, 3.8) is 0 Å². The lowest BCUT2D eigenvalue weighted by Gasteiger charge is -2.20. The quantitative estimate of drug-likeness (QED) is 0.112. The number of nitrogens with two attached hydrogens (primary N) is 1. The number of nitrogens with one attached hydrogen (secondary N) is 2. The van der Waals surface area contributed by atoms with Crippen molar-refractivity contribution in [3.8, 4) is 0 Å². The third-order valence-electron chi connectivity index (χ3n) is 7.88. The minimum absolute atomic E-state index is 0.182. The standard InChI is InChI=1S/C28H37N9O5S/c1-35(2)19-9-5-8-18-17(19)7-6-10-21(18)43(40,41)33-12-4-3-11-30-28-34-22-25(29)31-16-32-26(22)37(28)27-24(39)23(38)20(42-27)15-36-13-14-36/h5-10,16,20,23-24,27,33,38-39H,3-4,11-15H2,1-2H3,(H,30,34)(H2,29,31,32)/t20-,23?,24+,27-/m1/s1. The van der Waals surface area contributed by atoms with E-state index in [9.17, 15) is 18.6 Å². The molecule has 43 heavy (non-hydrogen) atoms. The highest BCUT2D eigenvalue weighted by molar-refractivity contribution is 7.89. The number of aliphatic hydroxyl groups is 2. The molecule has 14 nitrogen and oxygen atoms in total. The Kier molecular flexibility index (Phi) is 8.10. The van der Waals surface area contributed by atoms with Gasteiger partial charge in [0.15, 0.2) is 23.2 Å². The SMILES string of the molecule is CN(C)c1cccc2c(S(=O)(=O)NCCCCNc3nc4c(N)ncnc4n3[C@@H]3O[C@H](CN4CC4)C(O)[C@@H]3O)cccc12. The topological polar surface area (TPSA) is 184 Å². The first-order chi connectivity index (χ1) is 20.7. The number of hydrogen-bond donors (Lipinski definition) is 5. The highest BCUT2D eigenvalue weighted by Gasteiger charge is 2.46. The smallest absolute Gasteiger partial charge is 0.241 e. The van der Waals surface area contributed by atoms with Gasteiger partial charge in [-0.3, -0.25) is 9.47 Å². The van der Waals surface area contributed by atoms with Gasteiger partial charge in [0.2, 0.25) is 16.0 Å². The van der Waals surface area contributed by atoms with Crippen LogP contribution in [-0.4, -0.2) is 108 Å². The summed E-state index contributed by atoms with van der Waals surface area (Å²) in [7, 11) is 0.118. The average molecular weight is 612 g/mol. The molecule has 4 atom stereocenters. The summed E-state index contributed by atoms with van der Waals surface area (Å²) in [5.41, 5.74) is 7.73. The summed E-state index contributed by atoms with van der Waals surface area (Å²) in [6.07, 6.45) is -1.27. The second-order valence-corrected chi connectivity index (χ2v) is 12.9. The van der Waals surface area contributed by atoms with Crippen molar-refractivity contribution >= 4 is 49.4 Å². The number of hydrogen-bond acceptors (Lipinski definition) is 12. The predicted octanol–water partition coefficient (Wildman–Crippen LogP) is 0.733. The van der Waals surface area contributed by atoms with Gasteiger partial charge in [0.05, 0.1) is 4.90 Å². The van der Waals surface area contributed by atoms with Gasteiger partial charge in [0.1, 0.15) is 24.6 Å². The van der Waals surface area contributed by atoms with Gasteiger partial charge in [-0.2, -0.15) is 0 Å². The molecule has 2 aliphatic heterocycles. The normalized spacial score (nSPS) is 22.4. The van der Waals surface area contributed by atoms with Crippen LogP contribution >= 0.6 is 0 Å². The number of sulfonamides is 1. The molecule has 2 fully saturated rings. The lowest BCUT2D eigenvalue weighted by atomic mass is 10.1. The summed E-state index contributed by atoms with van der Waals surface area (Å²) >= 11 is 0. The third kappa shape index (κ3) is 5.83. The second kappa shape index (κ2) is 11.8. The van der Waals surface area contributed by atoms with Crippen LogP contribution < -0.4 is 20.7 Å². The molecule has 1 unspecified atom stereocenters. The van der Waals surface area contributed by atoms with Gasteiger partial charge >= 0.3 is 0 Å². The zero-order valence-electron chi connectivity index (χ0n) is 24.1. The molecule has 0 bridgehead atoms. The van der Waals surface area contributed by atoms with Gasteiger partial charge < -0.3 is 30.9 Å². The molecule has 0 aliphatic carbocycles. The molecule has 2 aliphatic rings. The number of ether oxygens (including phenoxy) is 1. The minimum atomic E-state index is -3.74. The Morgan fingerprint density at radius 2 is 1.79 bits per heavy atom. The fourth-order valence-electron chi connectivity index (χ4n) is 5.52. The number of rotatable bonds is 12. The van der Waals surface area contributed by atoms with Gasteiger partial charge in [0, 0.05) is 63.3 Å². The van der Waals surface area contributed by atoms with Crippen molar-refractivity contribution in [1.29, 1.82) is 0 Å². The van der Waals surface area contributed by atoms with Crippen LogP contribution in [0.25, 0.3) is 21.9 Å². The molecule has 0 amide bonds. The van der Waals surface area contributed by atoms with Crippen LogP contribution in [-0.2, 0) is 14.8 Å². The molecular weight excluding hydrogens is 574 g/mol. The lowest BCUT2D eigenvalue weighted by Crippen LogP contribution is -2.35. The number of benzene rings is 2. The first kappa shape index (κ1) is 29.5. The number of aromatic nitrogens is 4. The van der Waals surface area contributed by atoms with Crippen LogP contribution in [0.15, 0.2) is 47.6 Å². The van der Waals surface area contributed by atoms with Crippen LogP contribution in [0.3, 0.4) is 0 Å². The van der Waals surface area contributed by atoms with E-state index in [0.717, 1.165) is 24.2 Å². The summed E-state index contributed by atoms with van der Waals surface area (Å²) in [5.74, 6) is 0.542. The number of nitrogens with zero attached hydrogens (tertiary/aromatic N) is 6. The molecule has 4 aromatic rings. The fourth-order valence-corrected chi connectivity index (χ4v) is 6.81. The zero-order chi connectivity index (χ0) is 30.3. The maximum absolute atomic E-state index is 13.2. The maximum atomic E-state index is 13.2. The van der Waals surface area contributed by atoms with Gasteiger partial charge in [-0.05, 0) is 25.0 Å². The Balaban J connectivity index is 1.11. The van der Waals surface area contributed by atoms with E-state index in [1.165, 1.54) is 6.33 Å². The molecular formula is C28H37N9O5S. The van der Waals surface area contributed by atoms with E-state index in [0.29, 0.717) is 48.4 Å². The Bertz CT molecular complexity index is 1730. The number of imidazole rings is 1. The van der Waals surface area contributed by atoms with Crippen molar-refractivity contribution in [2.45, 2.75) is 42.3 Å². The van der Waals surface area contributed by atoms with Gasteiger partial charge in [0.25, 0.3) is 0 Å². The summed E-state index contributed by atoms with van der Waals surface area (Å²) in [6, 6.07) is 10.9. The number of aliphatic hydroxyl groups excluding tert-OH is 2. The third-order valence-corrected chi connectivity index (χ3v) is 9.40. The van der Waals surface area contributed by atoms with Crippen LogP contribution in [0.1, 0.15) is 19.1 Å². The summed E-state index contributed by atoms with van der Waals surface area (Å²) in [6.45, 7) is 3.09. The van der Waals surface area contributed by atoms with E-state index >= 15 is 0 Å². The van der Waals surface area contributed by atoms with Gasteiger partial charge in [-0.15, -0.1) is 0 Å². The molecule has 0 saturated carbocycles. The summed E-state index contributed by atoms with van der Waals surface area (Å²) < 4.78 is 36.9. The van der Waals surface area contributed by atoms with E-state index in [2.05, 4.69) is 29.9 Å². The largest absolute Gasteiger partial charge is 0.387 e. The van der Waals surface area contributed by atoms with E-state index in [4.69, 9.17) is 10.5 Å². The molecule has 4 heterocycles. The molecule has 6 rings (SSSR count). The van der Waals surface area contributed by atoms with Gasteiger partial charge in [-0.25, -0.2) is 28.1 Å². The summed E-state index contributed by atoms with van der Waals surface area (Å²) in [5, 5.41) is 26.3. The number of unbranched alkanes of at least 4 members (excludes halogenated alkanes) is 1. The van der Waals surface area contributed by atoms with Crippen LogP contribution in [0, 0.1) is 0 Å².